The predicted octanol–water partition coefficient (Wildman–Crippen LogP) is 1.61. The van der Waals surface area contributed by atoms with Crippen molar-refractivity contribution >= 4 is 11.6 Å². The third-order valence-corrected chi connectivity index (χ3v) is 4.35. The summed E-state index contributed by atoms with van der Waals surface area (Å²) >= 11 is 6.36. The van der Waals surface area contributed by atoms with E-state index in [1.54, 1.807) is 0 Å². The van der Waals surface area contributed by atoms with Gasteiger partial charge >= 0.3 is 0 Å². The lowest BCUT2D eigenvalue weighted by Gasteiger charge is -2.35. The topological polar surface area (TPSA) is 50.5 Å². The molecule has 0 amide bonds. The van der Waals surface area contributed by atoms with Crippen molar-refractivity contribution in [2.24, 2.45) is 7.05 Å². The van der Waals surface area contributed by atoms with E-state index in [2.05, 4.69) is 10.00 Å². The summed E-state index contributed by atoms with van der Waals surface area (Å²) in [5, 5.41) is 15.7. The number of aromatic nitrogens is 2. The van der Waals surface area contributed by atoms with E-state index >= 15 is 0 Å². The monoisotopic (exact) mass is 301 g/mol. The highest BCUT2D eigenvalue weighted by Crippen LogP contribution is 2.25. The third kappa shape index (κ3) is 3.52. The Kier molecular flexibility index (Phi) is 5.07. The predicted molar refractivity (Wildman–Crippen MR) is 78.9 cm³/mol. The van der Waals surface area contributed by atoms with Crippen LogP contribution < -0.4 is 0 Å². The lowest BCUT2D eigenvalue weighted by Crippen LogP contribution is -2.45. The van der Waals surface area contributed by atoms with Crippen LogP contribution in [0.15, 0.2) is 0 Å². The van der Waals surface area contributed by atoms with Crippen LogP contribution in [-0.2, 0) is 24.8 Å². The summed E-state index contributed by atoms with van der Waals surface area (Å²) in [5.41, 5.74) is 1.29. The summed E-state index contributed by atoms with van der Waals surface area (Å²) in [5.74, 6) is 0. The van der Waals surface area contributed by atoms with Crippen molar-refractivity contribution in [1.82, 2.24) is 14.7 Å². The number of nitrogens with zero attached hydrogens (tertiary/aromatic N) is 3. The fourth-order valence-corrected chi connectivity index (χ4v) is 3.07. The van der Waals surface area contributed by atoms with Crippen molar-refractivity contribution in [1.29, 1.82) is 0 Å². The number of hydrogen-bond acceptors (Lipinski definition) is 4. The lowest BCUT2D eigenvalue weighted by atomic mass is 9.94. The minimum atomic E-state index is -0.647. The van der Waals surface area contributed by atoms with E-state index in [0.29, 0.717) is 39.1 Å². The summed E-state index contributed by atoms with van der Waals surface area (Å²) in [7, 11) is 3.92. The fourth-order valence-electron chi connectivity index (χ4n) is 2.72. The molecule has 6 heteroatoms. The van der Waals surface area contributed by atoms with Crippen molar-refractivity contribution in [3.05, 3.63) is 16.4 Å². The minimum Gasteiger partial charge on any atom is -0.388 e. The maximum Gasteiger partial charge on any atom is 0.0863 e. The quantitative estimate of drug-likeness (QED) is 0.898. The number of halogens is 1. The number of hydrogen-bond donors (Lipinski definition) is 1. The normalized spacial score (nSPS) is 18.7. The maximum atomic E-state index is 10.5. The van der Waals surface area contributed by atoms with Crippen molar-refractivity contribution in [2.75, 3.05) is 26.8 Å². The minimum absolute atomic E-state index is 0.624. The maximum absolute atomic E-state index is 10.5. The van der Waals surface area contributed by atoms with Crippen molar-refractivity contribution in [3.8, 4) is 0 Å². The Morgan fingerprint density at radius 1 is 1.45 bits per heavy atom. The summed E-state index contributed by atoms with van der Waals surface area (Å²) in [6.07, 6.45) is 2.21. The van der Waals surface area contributed by atoms with Crippen LogP contribution in [0.5, 0.6) is 0 Å². The molecule has 1 fully saturated rings. The lowest BCUT2D eigenvalue weighted by molar-refractivity contribution is -0.0779. The molecule has 0 aromatic carbocycles. The molecule has 5 nitrogen and oxygen atoms in total. The highest BCUT2D eigenvalue weighted by molar-refractivity contribution is 6.31. The Hall–Kier alpha value is -0.620. The van der Waals surface area contributed by atoms with Gasteiger partial charge in [0, 0.05) is 46.2 Å². The first-order valence-electron chi connectivity index (χ1n) is 7.14. The molecular weight excluding hydrogens is 278 g/mol. The molecule has 20 heavy (non-hydrogen) atoms. The summed E-state index contributed by atoms with van der Waals surface area (Å²) in [6.45, 7) is 4.63. The Bertz CT molecular complexity index is 456. The van der Waals surface area contributed by atoms with Crippen LogP contribution in [0.25, 0.3) is 0 Å². The van der Waals surface area contributed by atoms with E-state index in [1.807, 2.05) is 25.7 Å². The van der Waals surface area contributed by atoms with Gasteiger partial charge in [-0.3, -0.25) is 9.58 Å². The van der Waals surface area contributed by atoms with Gasteiger partial charge in [0.1, 0.15) is 0 Å². The van der Waals surface area contributed by atoms with E-state index in [0.717, 1.165) is 22.8 Å². The summed E-state index contributed by atoms with van der Waals surface area (Å²) in [4.78, 5) is 2.10. The summed E-state index contributed by atoms with van der Waals surface area (Å²) in [6, 6.07) is 0. The SMILES string of the molecule is CCc1nn(C)c(CN(C)CC2(O)CCOCC2)c1Cl. The molecule has 1 N–H and O–H groups in total. The van der Waals surface area contributed by atoms with Crippen molar-refractivity contribution in [2.45, 2.75) is 38.3 Å². The second-order valence-corrected chi connectivity index (χ2v) is 6.07. The van der Waals surface area contributed by atoms with E-state index < -0.39 is 5.60 Å². The zero-order valence-electron chi connectivity index (χ0n) is 12.5. The van der Waals surface area contributed by atoms with Gasteiger partial charge in [0.05, 0.1) is 22.0 Å². The average Bonchev–Trinajstić information content (AvgIpc) is 2.66. The van der Waals surface area contributed by atoms with Gasteiger partial charge in [-0.05, 0) is 13.5 Å². The molecule has 0 bridgehead atoms. The number of aliphatic hydroxyl groups is 1. The van der Waals surface area contributed by atoms with Gasteiger partial charge in [0.2, 0.25) is 0 Å². The molecule has 1 aliphatic rings. The molecule has 114 valence electrons. The van der Waals surface area contributed by atoms with Crippen molar-refractivity contribution in [3.63, 3.8) is 0 Å². The van der Waals surface area contributed by atoms with Gasteiger partial charge < -0.3 is 9.84 Å². The van der Waals surface area contributed by atoms with E-state index in [4.69, 9.17) is 16.3 Å². The highest BCUT2D eigenvalue weighted by Gasteiger charge is 2.31. The van der Waals surface area contributed by atoms with Crippen LogP contribution in [-0.4, -0.2) is 52.2 Å². The first-order chi connectivity index (χ1) is 9.45. The largest absolute Gasteiger partial charge is 0.388 e. The van der Waals surface area contributed by atoms with Crippen LogP contribution in [0.2, 0.25) is 5.02 Å². The van der Waals surface area contributed by atoms with Crippen LogP contribution >= 0.6 is 11.6 Å². The second kappa shape index (κ2) is 6.43. The molecule has 0 aliphatic carbocycles. The van der Waals surface area contributed by atoms with Gasteiger partial charge in [0.15, 0.2) is 0 Å². The molecule has 0 spiro atoms. The second-order valence-electron chi connectivity index (χ2n) is 5.69. The van der Waals surface area contributed by atoms with E-state index in [-0.39, 0.29) is 0 Å². The molecular formula is C14H24ClN3O2. The Labute approximate surface area is 125 Å². The van der Waals surface area contributed by atoms with Crippen LogP contribution in [0, 0.1) is 0 Å². The van der Waals surface area contributed by atoms with Crippen LogP contribution in [0.4, 0.5) is 0 Å². The van der Waals surface area contributed by atoms with E-state index in [1.165, 1.54) is 0 Å². The molecule has 2 heterocycles. The fraction of sp³-hybridized carbons (Fsp3) is 0.786. The molecule has 2 rings (SSSR count). The number of rotatable bonds is 5. The van der Waals surface area contributed by atoms with E-state index in [9.17, 15) is 5.11 Å². The number of likely N-dealkylation sites (N-methyl/N-ethyl adjacent to an activating group) is 1. The third-order valence-electron chi connectivity index (χ3n) is 3.91. The Morgan fingerprint density at radius 2 is 2.10 bits per heavy atom. The number of ether oxygens (including phenoxy) is 1. The van der Waals surface area contributed by atoms with Crippen molar-refractivity contribution < 1.29 is 9.84 Å². The summed E-state index contributed by atoms with van der Waals surface area (Å²) < 4.78 is 7.15. The standard InChI is InChI=1S/C14H24ClN3O2/c1-4-11-13(15)12(18(3)16-11)9-17(2)10-14(19)5-7-20-8-6-14/h19H,4-10H2,1-3H3. The molecule has 1 aromatic heterocycles. The van der Waals surface area contributed by atoms with Gasteiger partial charge in [-0.2, -0.15) is 5.10 Å². The molecule has 0 radical (unpaired) electrons. The molecule has 0 saturated carbocycles. The number of aryl methyl sites for hydroxylation is 2. The van der Waals surface area contributed by atoms with Gasteiger partial charge in [-0.25, -0.2) is 0 Å². The molecule has 0 atom stereocenters. The van der Waals surface area contributed by atoms with Crippen LogP contribution in [0.1, 0.15) is 31.2 Å². The molecule has 1 aromatic rings. The molecule has 1 aliphatic heterocycles. The zero-order chi connectivity index (χ0) is 14.8. The highest BCUT2D eigenvalue weighted by atomic mass is 35.5. The first-order valence-corrected chi connectivity index (χ1v) is 7.52. The smallest absolute Gasteiger partial charge is 0.0863 e. The zero-order valence-corrected chi connectivity index (χ0v) is 13.3. The first kappa shape index (κ1) is 15.8. The Balaban J connectivity index is 2.00. The molecule has 1 saturated heterocycles. The molecule has 0 unspecified atom stereocenters. The van der Waals surface area contributed by atoms with Gasteiger partial charge in [-0.15, -0.1) is 0 Å². The average molecular weight is 302 g/mol. The van der Waals surface area contributed by atoms with Gasteiger partial charge in [-0.1, -0.05) is 18.5 Å². The van der Waals surface area contributed by atoms with Gasteiger partial charge in [0.25, 0.3) is 0 Å². The Morgan fingerprint density at radius 3 is 2.65 bits per heavy atom. The van der Waals surface area contributed by atoms with Crippen LogP contribution in [0.3, 0.4) is 0 Å².